The van der Waals surface area contributed by atoms with Gasteiger partial charge in [-0.2, -0.15) is 0 Å². The lowest BCUT2D eigenvalue weighted by atomic mass is 9.88. The minimum Gasteiger partial charge on any atom is -0.0813 e. The average molecular weight is 164 g/mol. The van der Waals surface area contributed by atoms with E-state index in [0.29, 0.717) is 0 Å². The Hall–Kier alpha value is -0.520. The Balaban J connectivity index is 2.67. The van der Waals surface area contributed by atoms with Crippen LogP contribution in [0.25, 0.3) is 0 Å². The normalized spacial score (nSPS) is 25.2. The van der Waals surface area contributed by atoms with Crippen LogP contribution in [-0.4, -0.2) is 0 Å². The molecule has 0 radical (unpaired) electrons. The molecular formula is C12H20. The van der Waals surface area contributed by atoms with E-state index in [-0.39, 0.29) is 0 Å². The molecule has 0 aliphatic heterocycles. The fourth-order valence-corrected chi connectivity index (χ4v) is 1.91. The summed E-state index contributed by atoms with van der Waals surface area (Å²) in [4.78, 5) is 0. The number of hydrogen-bond acceptors (Lipinski definition) is 0. The fourth-order valence-electron chi connectivity index (χ4n) is 1.91. The van der Waals surface area contributed by atoms with Crippen LogP contribution >= 0.6 is 0 Å². The zero-order chi connectivity index (χ0) is 8.81. The Morgan fingerprint density at radius 3 is 1.67 bits per heavy atom. The third-order valence-corrected chi connectivity index (χ3v) is 2.46. The van der Waals surface area contributed by atoms with Gasteiger partial charge in [-0.15, -0.1) is 0 Å². The highest BCUT2D eigenvalue weighted by atomic mass is 14.1. The van der Waals surface area contributed by atoms with E-state index in [1.807, 2.05) is 0 Å². The maximum absolute atomic E-state index is 2.40. The van der Waals surface area contributed by atoms with Gasteiger partial charge in [-0.25, -0.2) is 0 Å². The van der Waals surface area contributed by atoms with Gasteiger partial charge in [0.15, 0.2) is 0 Å². The van der Waals surface area contributed by atoms with Crippen molar-refractivity contribution in [2.24, 2.45) is 0 Å². The molecule has 1 rings (SSSR count). The molecular weight excluding hydrogens is 144 g/mol. The zero-order valence-electron chi connectivity index (χ0n) is 8.40. The van der Waals surface area contributed by atoms with Crippen LogP contribution in [0.1, 0.15) is 52.4 Å². The first-order chi connectivity index (χ1) is 5.88. The average Bonchev–Trinajstić information content (AvgIpc) is 2.09. The Morgan fingerprint density at radius 2 is 1.33 bits per heavy atom. The minimum absolute atomic E-state index is 1.19. The molecule has 0 unspecified atom stereocenters. The number of allylic oxidation sites excluding steroid dienone is 4. The largest absolute Gasteiger partial charge is 0.0813 e. The van der Waals surface area contributed by atoms with Gasteiger partial charge < -0.3 is 0 Å². The summed E-state index contributed by atoms with van der Waals surface area (Å²) >= 11 is 0. The second-order valence-electron chi connectivity index (χ2n) is 3.48. The van der Waals surface area contributed by atoms with E-state index in [2.05, 4.69) is 26.0 Å². The highest BCUT2D eigenvalue weighted by molar-refractivity contribution is 5.32. The Morgan fingerprint density at radius 1 is 0.917 bits per heavy atom. The van der Waals surface area contributed by atoms with Crippen molar-refractivity contribution in [2.45, 2.75) is 52.4 Å². The van der Waals surface area contributed by atoms with E-state index >= 15 is 0 Å². The van der Waals surface area contributed by atoms with Crippen molar-refractivity contribution in [3.05, 3.63) is 23.3 Å². The summed E-state index contributed by atoms with van der Waals surface area (Å²) in [6.07, 6.45) is 12.6. The molecule has 1 fully saturated rings. The van der Waals surface area contributed by atoms with Crippen molar-refractivity contribution in [2.75, 3.05) is 0 Å². The second-order valence-corrected chi connectivity index (χ2v) is 3.48. The lowest BCUT2D eigenvalue weighted by Crippen LogP contribution is -1.98. The molecule has 0 heterocycles. The lowest BCUT2D eigenvalue weighted by Gasteiger charge is -2.18. The van der Waals surface area contributed by atoms with E-state index in [1.54, 1.807) is 11.1 Å². The monoisotopic (exact) mass is 164 g/mol. The molecule has 1 aliphatic rings. The summed E-state index contributed by atoms with van der Waals surface area (Å²) in [5, 5.41) is 0. The van der Waals surface area contributed by atoms with E-state index in [0.717, 1.165) is 0 Å². The molecule has 0 N–H and O–H groups in total. The zero-order valence-corrected chi connectivity index (χ0v) is 8.40. The standard InChI is InChI=1S/C12H20/c1-3-7-11-9-5-6-10-12(11)8-4-2/h7-8H,3-6,9-10H2,1-2H3/b11-7+,12-8+. The molecule has 0 nitrogen and oxygen atoms in total. The van der Waals surface area contributed by atoms with Crippen molar-refractivity contribution >= 4 is 0 Å². The molecule has 0 bridgehead atoms. The van der Waals surface area contributed by atoms with E-state index in [4.69, 9.17) is 0 Å². The van der Waals surface area contributed by atoms with Crippen molar-refractivity contribution in [3.8, 4) is 0 Å². The molecule has 0 heteroatoms. The summed E-state index contributed by atoms with van der Waals surface area (Å²) in [6.45, 7) is 4.45. The van der Waals surface area contributed by atoms with Gasteiger partial charge in [0, 0.05) is 0 Å². The van der Waals surface area contributed by atoms with Crippen LogP contribution in [0.3, 0.4) is 0 Å². The SMILES string of the molecule is CC/C=C1\CCCC\C1=C/CC. The lowest BCUT2D eigenvalue weighted by molar-refractivity contribution is 0.674. The summed E-state index contributed by atoms with van der Waals surface area (Å²) < 4.78 is 0. The van der Waals surface area contributed by atoms with Gasteiger partial charge in [0.2, 0.25) is 0 Å². The van der Waals surface area contributed by atoms with Crippen molar-refractivity contribution < 1.29 is 0 Å². The van der Waals surface area contributed by atoms with Gasteiger partial charge in [-0.05, 0) is 49.7 Å². The van der Waals surface area contributed by atoms with Crippen LogP contribution in [-0.2, 0) is 0 Å². The van der Waals surface area contributed by atoms with Gasteiger partial charge in [-0.1, -0.05) is 26.0 Å². The number of hydrogen-bond donors (Lipinski definition) is 0. The van der Waals surface area contributed by atoms with Crippen LogP contribution in [0.5, 0.6) is 0 Å². The van der Waals surface area contributed by atoms with Gasteiger partial charge in [0.05, 0.1) is 0 Å². The summed E-state index contributed by atoms with van der Waals surface area (Å²) in [7, 11) is 0. The first kappa shape index (κ1) is 9.57. The van der Waals surface area contributed by atoms with Crippen molar-refractivity contribution in [1.29, 1.82) is 0 Å². The molecule has 1 aliphatic carbocycles. The smallest absolute Gasteiger partial charge is 0.0279 e. The summed E-state index contributed by atoms with van der Waals surface area (Å²) in [5.74, 6) is 0. The molecule has 0 spiro atoms. The van der Waals surface area contributed by atoms with Crippen LogP contribution in [0.4, 0.5) is 0 Å². The van der Waals surface area contributed by atoms with Crippen LogP contribution in [0, 0.1) is 0 Å². The van der Waals surface area contributed by atoms with Crippen LogP contribution in [0.2, 0.25) is 0 Å². The molecule has 68 valence electrons. The van der Waals surface area contributed by atoms with Crippen LogP contribution < -0.4 is 0 Å². The minimum atomic E-state index is 1.19. The van der Waals surface area contributed by atoms with Crippen LogP contribution in [0.15, 0.2) is 23.3 Å². The van der Waals surface area contributed by atoms with E-state index in [1.165, 1.54) is 38.5 Å². The van der Waals surface area contributed by atoms with Crippen molar-refractivity contribution in [3.63, 3.8) is 0 Å². The van der Waals surface area contributed by atoms with Gasteiger partial charge in [-0.3, -0.25) is 0 Å². The third-order valence-electron chi connectivity index (χ3n) is 2.46. The highest BCUT2D eigenvalue weighted by Gasteiger charge is 2.09. The second kappa shape index (κ2) is 5.18. The molecule has 0 aromatic carbocycles. The van der Waals surface area contributed by atoms with E-state index in [9.17, 15) is 0 Å². The Kier molecular flexibility index (Phi) is 4.13. The summed E-state index contributed by atoms with van der Waals surface area (Å²) in [6, 6.07) is 0. The fraction of sp³-hybridized carbons (Fsp3) is 0.667. The molecule has 12 heavy (non-hydrogen) atoms. The maximum Gasteiger partial charge on any atom is -0.0279 e. The van der Waals surface area contributed by atoms with Gasteiger partial charge in [0.1, 0.15) is 0 Å². The van der Waals surface area contributed by atoms with Gasteiger partial charge in [0.25, 0.3) is 0 Å². The van der Waals surface area contributed by atoms with E-state index < -0.39 is 0 Å². The predicted octanol–water partition coefficient (Wildman–Crippen LogP) is 4.23. The topological polar surface area (TPSA) is 0 Å². The first-order valence-electron chi connectivity index (χ1n) is 5.27. The molecule has 0 atom stereocenters. The van der Waals surface area contributed by atoms with Crippen molar-refractivity contribution in [1.82, 2.24) is 0 Å². The maximum atomic E-state index is 2.40. The first-order valence-corrected chi connectivity index (χ1v) is 5.27. The predicted molar refractivity (Wildman–Crippen MR) is 55.2 cm³/mol. The Labute approximate surface area is 76.4 Å². The molecule has 0 amide bonds. The highest BCUT2D eigenvalue weighted by Crippen LogP contribution is 2.29. The molecule has 1 saturated carbocycles. The Bertz CT molecular complexity index is 162. The molecule has 0 aromatic rings. The quantitative estimate of drug-likeness (QED) is 0.573. The van der Waals surface area contributed by atoms with Gasteiger partial charge >= 0.3 is 0 Å². The molecule has 0 saturated heterocycles. The molecule has 0 aromatic heterocycles. The summed E-state index contributed by atoms with van der Waals surface area (Å²) in [5.41, 5.74) is 3.26. The third kappa shape index (κ3) is 2.51. The number of rotatable bonds is 2.